The lowest BCUT2D eigenvalue weighted by Crippen LogP contribution is -2.17. The fourth-order valence-corrected chi connectivity index (χ4v) is 3.99. The van der Waals surface area contributed by atoms with Crippen molar-refractivity contribution in [3.05, 3.63) is 102 Å². The van der Waals surface area contributed by atoms with E-state index in [0.717, 1.165) is 50.8 Å². The molecule has 32 heavy (non-hydrogen) atoms. The lowest BCUT2D eigenvalue weighted by molar-refractivity contribution is 0.477. The van der Waals surface area contributed by atoms with E-state index in [1.165, 1.54) is 6.20 Å². The second-order valence-electron chi connectivity index (χ2n) is 7.43. The Kier molecular flexibility index (Phi) is 5.09. The van der Waals surface area contributed by atoms with Crippen LogP contribution in [0.25, 0.3) is 11.1 Å². The molecule has 3 aromatic rings. The molecule has 0 aromatic heterocycles. The molecule has 0 bridgehead atoms. The quantitative estimate of drug-likeness (QED) is 0.403. The van der Waals surface area contributed by atoms with Gasteiger partial charge in [0.05, 0.1) is 17.9 Å². The van der Waals surface area contributed by atoms with Crippen molar-refractivity contribution in [3.63, 3.8) is 0 Å². The highest BCUT2D eigenvalue weighted by Gasteiger charge is 2.26. The average molecular weight is 422 g/mol. The number of hydrogen-bond donors (Lipinski definition) is 3. The van der Waals surface area contributed by atoms with Crippen LogP contribution < -0.4 is 26.5 Å². The highest BCUT2D eigenvalue weighted by molar-refractivity contribution is 5.92. The number of rotatable bonds is 4. The van der Waals surface area contributed by atoms with Crippen LogP contribution in [0.1, 0.15) is 11.1 Å². The molecule has 2 aliphatic rings. The number of ether oxygens (including phenoxy) is 1. The Morgan fingerprint density at radius 2 is 1.69 bits per heavy atom. The summed E-state index contributed by atoms with van der Waals surface area (Å²) in [5.74, 6) is 1.61. The molecule has 0 radical (unpaired) electrons. The summed E-state index contributed by atoms with van der Waals surface area (Å²) in [5.41, 5.74) is 21.6. The van der Waals surface area contributed by atoms with E-state index in [0.29, 0.717) is 6.54 Å². The van der Waals surface area contributed by atoms with Gasteiger partial charge in [-0.05, 0) is 83.1 Å². The first kappa shape index (κ1) is 19.5. The number of anilines is 3. The van der Waals surface area contributed by atoms with Crippen molar-refractivity contribution < 1.29 is 4.74 Å². The Morgan fingerprint density at radius 1 is 0.969 bits per heavy atom. The van der Waals surface area contributed by atoms with Crippen molar-refractivity contribution in [2.45, 2.75) is 0 Å². The van der Waals surface area contributed by atoms with E-state index < -0.39 is 0 Å². The topological polar surface area (TPSA) is 88.9 Å². The van der Waals surface area contributed by atoms with Gasteiger partial charge in [0.25, 0.3) is 0 Å². The maximum Gasteiger partial charge on any atom is 0.151 e. The summed E-state index contributed by atoms with van der Waals surface area (Å²) in [4.78, 5) is 2.21. The molecule has 0 aliphatic carbocycles. The van der Waals surface area contributed by atoms with Gasteiger partial charge in [0.15, 0.2) is 11.5 Å². The SMILES string of the molecule is N/C=C\C(=C/N)c1cc(C2=CC=NNC2)cc(N2c3ccccc3Oc3ccccc32)c1. The van der Waals surface area contributed by atoms with Crippen molar-refractivity contribution in [2.75, 3.05) is 11.4 Å². The van der Waals surface area contributed by atoms with Crippen molar-refractivity contribution in [1.82, 2.24) is 5.43 Å². The Balaban J connectivity index is 1.75. The van der Waals surface area contributed by atoms with Crippen molar-refractivity contribution >= 4 is 34.4 Å². The summed E-state index contributed by atoms with van der Waals surface area (Å²) in [7, 11) is 0. The normalized spacial score (nSPS) is 14.9. The second kappa shape index (κ2) is 8.35. The van der Waals surface area contributed by atoms with Gasteiger partial charge in [-0.1, -0.05) is 24.3 Å². The molecule has 6 nitrogen and oxygen atoms in total. The van der Waals surface area contributed by atoms with E-state index in [1.807, 2.05) is 42.5 Å². The standard InChI is InChI=1S/C26H23N5O/c27-11-9-18(16-28)20-13-21(19-10-12-29-30-17-19)15-22(14-20)31-23-5-1-3-7-25(23)32-26-8-4-2-6-24(26)31/h1-16,30H,17,27-28H2/b11-9-,18-16+. The molecular weight excluding hydrogens is 398 g/mol. The Labute approximate surface area is 186 Å². The predicted octanol–water partition coefficient (Wildman–Crippen LogP) is 5.01. The van der Waals surface area contributed by atoms with Gasteiger partial charge in [0.1, 0.15) is 0 Å². The number of hydrogen-bond acceptors (Lipinski definition) is 6. The van der Waals surface area contributed by atoms with Gasteiger partial charge in [-0.3, -0.25) is 0 Å². The highest BCUT2D eigenvalue weighted by Crippen LogP contribution is 2.50. The van der Waals surface area contributed by atoms with Crippen LogP contribution in [0.5, 0.6) is 11.5 Å². The summed E-state index contributed by atoms with van der Waals surface area (Å²) in [6, 6.07) is 22.5. The lowest BCUT2D eigenvalue weighted by Gasteiger charge is -2.33. The predicted molar refractivity (Wildman–Crippen MR) is 131 cm³/mol. The number of hydrazone groups is 1. The maximum absolute atomic E-state index is 6.17. The van der Waals surface area contributed by atoms with Gasteiger partial charge in [-0.15, -0.1) is 0 Å². The third kappa shape index (κ3) is 3.48. The molecule has 3 aromatic carbocycles. The molecule has 5 rings (SSSR count). The monoisotopic (exact) mass is 421 g/mol. The highest BCUT2D eigenvalue weighted by atomic mass is 16.5. The zero-order valence-electron chi connectivity index (χ0n) is 17.4. The molecule has 2 aliphatic heterocycles. The van der Waals surface area contributed by atoms with Gasteiger partial charge in [-0.25, -0.2) is 0 Å². The van der Waals surface area contributed by atoms with Crippen molar-refractivity contribution in [2.24, 2.45) is 16.6 Å². The number of allylic oxidation sites excluding steroid dienone is 3. The van der Waals surface area contributed by atoms with E-state index in [1.54, 1.807) is 18.5 Å². The van der Waals surface area contributed by atoms with Gasteiger partial charge < -0.3 is 26.5 Å². The lowest BCUT2D eigenvalue weighted by atomic mass is 9.96. The third-order valence-corrected chi connectivity index (χ3v) is 5.48. The number of nitrogens with zero attached hydrogens (tertiary/aromatic N) is 2. The first-order valence-corrected chi connectivity index (χ1v) is 10.4. The number of fused-ring (bicyclic) bond motifs is 2. The van der Waals surface area contributed by atoms with Crippen LogP contribution in [-0.2, 0) is 0 Å². The molecule has 0 spiro atoms. The van der Waals surface area contributed by atoms with Crippen LogP contribution in [0.4, 0.5) is 17.1 Å². The summed E-state index contributed by atoms with van der Waals surface area (Å²) < 4.78 is 6.17. The van der Waals surface area contributed by atoms with E-state index in [9.17, 15) is 0 Å². The van der Waals surface area contributed by atoms with Crippen LogP contribution in [-0.4, -0.2) is 12.8 Å². The molecule has 0 saturated heterocycles. The largest absolute Gasteiger partial charge is 0.453 e. The Bertz CT molecular complexity index is 1240. The number of nitrogens with two attached hydrogens (primary N) is 2. The maximum atomic E-state index is 6.17. The van der Waals surface area contributed by atoms with Gasteiger partial charge >= 0.3 is 0 Å². The van der Waals surface area contributed by atoms with E-state index in [2.05, 4.69) is 45.8 Å². The summed E-state index contributed by atoms with van der Waals surface area (Å²) >= 11 is 0. The third-order valence-electron chi connectivity index (χ3n) is 5.48. The zero-order valence-corrected chi connectivity index (χ0v) is 17.4. The average Bonchev–Trinajstić information content (AvgIpc) is 2.86. The minimum Gasteiger partial charge on any atom is -0.453 e. The van der Waals surface area contributed by atoms with Crippen LogP contribution in [0.3, 0.4) is 0 Å². The molecule has 0 amide bonds. The van der Waals surface area contributed by atoms with Crippen LogP contribution >= 0.6 is 0 Å². The first-order chi connectivity index (χ1) is 15.8. The fourth-order valence-electron chi connectivity index (χ4n) is 3.99. The van der Waals surface area contributed by atoms with Crippen LogP contribution in [0.15, 0.2) is 96.4 Å². The van der Waals surface area contributed by atoms with Gasteiger partial charge in [-0.2, -0.15) is 5.10 Å². The summed E-state index contributed by atoms with van der Waals surface area (Å²) in [6.07, 6.45) is 8.66. The molecule has 0 saturated carbocycles. The van der Waals surface area contributed by atoms with Gasteiger partial charge in [0, 0.05) is 18.1 Å². The van der Waals surface area contributed by atoms with E-state index in [4.69, 9.17) is 16.2 Å². The molecule has 2 heterocycles. The zero-order chi connectivity index (χ0) is 21.9. The van der Waals surface area contributed by atoms with E-state index in [-0.39, 0.29) is 0 Å². The molecule has 0 atom stereocenters. The first-order valence-electron chi connectivity index (χ1n) is 10.4. The van der Waals surface area contributed by atoms with Gasteiger partial charge in [0.2, 0.25) is 0 Å². The molecule has 158 valence electrons. The Morgan fingerprint density at radius 3 is 2.31 bits per heavy atom. The molecule has 6 heteroatoms. The molecule has 5 N–H and O–H groups in total. The number of nitrogens with one attached hydrogen (secondary N) is 1. The number of para-hydroxylation sites is 4. The minimum atomic E-state index is 0.643. The molecular formula is C26H23N5O. The fraction of sp³-hybridized carbons (Fsp3) is 0.0385. The van der Waals surface area contributed by atoms with Crippen molar-refractivity contribution in [3.8, 4) is 11.5 Å². The van der Waals surface area contributed by atoms with Crippen LogP contribution in [0.2, 0.25) is 0 Å². The minimum absolute atomic E-state index is 0.643. The Hall–Kier alpha value is -4.45. The second-order valence-corrected chi connectivity index (χ2v) is 7.43. The number of benzene rings is 3. The summed E-state index contributed by atoms with van der Waals surface area (Å²) in [5, 5.41) is 4.09. The molecule has 0 unspecified atom stereocenters. The van der Waals surface area contributed by atoms with Crippen molar-refractivity contribution in [1.29, 1.82) is 0 Å². The van der Waals surface area contributed by atoms with E-state index >= 15 is 0 Å². The van der Waals surface area contributed by atoms with Crippen LogP contribution in [0, 0.1) is 0 Å². The summed E-state index contributed by atoms with van der Waals surface area (Å²) in [6.45, 7) is 0.643. The smallest absolute Gasteiger partial charge is 0.151 e. The molecule has 0 fully saturated rings.